The summed E-state index contributed by atoms with van der Waals surface area (Å²) in [6.45, 7) is 3.61. The third-order valence-electron chi connectivity index (χ3n) is 4.31. The molecule has 3 nitrogen and oxygen atoms in total. The molecular formula is C17H20BrClN2O. The standard InChI is InChI=1S/C17H19BrN2O.ClH/c1-11-10-20(7-6-16(11)19)17(21)14-3-2-13-9-15(18)5-4-12(13)8-14;/h2-5,8-9,11,16H,6-7,10,19H2,1H3;1H. The third kappa shape index (κ3) is 3.45. The second-order valence-electron chi connectivity index (χ2n) is 5.89. The number of carbonyl (C=O) groups excluding carboxylic acids is 1. The molecule has 1 aliphatic rings. The van der Waals surface area contributed by atoms with Gasteiger partial charge in [-0.2, -0.15) is 0 Å². The van der Waals surface area contributed by atoms with Crippen molar-refractivity contribution >= 4 is 45.0 Å². The summed E-state index contributed by atoms with van der Waals surface area (Å²) in [4.78, 5) is 14.6. The van der Waals surface area contributed by atoms with Gasteiger partial charge in [0.05, 0.1) is 0 Å². The van der Waals surface area contributed by atoms with Gasteiger partial charge in [-0.05, 0) is 47.4 Å². The Morgan fingerprint density at radius 1 is 1.23 bits per heavy atom. The Labute approximate surface area is 145 Å². The van der Waals surface area contributed by atoms with Gasteiger partial charge in [-0.3, -0.25) is 4.79 Å². The molecule has 1 amide bonds. The average Bonchev–Trinajstić information content (AvgIpc) is 2.49. The molecule has 0 aromatic heterocycles. The van der Waals surface area contributed by atoms with Gasteiger partial charge in [-0.25, -0.2) is 0 Å². The molecule has 2 aromatic carbocycles. The number of fused-ring (bicyclic) bond motifs is 1. The number of benzene rings is 2. The number of hydrogen-bond acceptors (Lipinski definition) is 2. The van der Waals surface area contributed by atoms with E-state index < -0.39 is 0 Å². The van der Waals surface area contributed by atoms with Crippen LogP contribution in [0, 0.1) is 5.92 Å². The van der Waals surface area contributed by atoms with Gasteiger partial charge >= 0.3 is 0 Å². The van der Waals surface area contributed by atoms with Gasteiger partial charge in [0.2, 0.25) is 0 Å². The highest BCUT2D eigenvalue weighted by atomic mass is 79.9. The van der Waals surface area contributed by atoms with Crippen molar-refractivity contribution in [3.63, 3.8) is 0 Å². The Kier molecular flexibility index (Phi) is 5.48. The maximum atomic E-state index is 12.6. The molecule has 22 heavy (non-hydrogen) atoms. The van der Waals surface area contributed by atoms with E-state index in [4.69, 9.17) is 5.73 Å². The number of likely N-dealkylation sites (tertiary alicyclic amines) is 1. The molecule has 2 N–H and O–H groups in total. The molecule has 0 spiro atoms. The van der Waals surface area contributed by atoms with E-state index in [9.17, 15) is 4.79 Å². The van der Waals surface area contributed by atoms with Crippen molar-refractivity contribution in [1.29, 1.82) is 0 Å². The normalized spacial score (nSPS) is 21.5. The molecule has 1 fully saturated rings. The number of nitrogens with zero attached hydrogens (tertiary/aromatic N) is 1. The molecule has 2 atom stereocenters. The fourth-order valence-electron chi connectivity index (χ4n) is 2.88. The fourth-order valence-corrected chi connectivity index (χ4v) is 3.26. The zero-order valence-electron chi connectivity index (χ0n) is 12.5. The van der Waals surface area contributed by atoms with E-state index in [0.717, 1.165) is 40.3 Å². The predicted molar refractivity (Wildman–Crippen MR) is 96.6 cm³/mol. The molecule has 0 aliphatic carbocycles. The number of rotatable bonds is 1. The summed E-state index contributed by atoms with van der Waals surface area (Å²) in [5, 5.41) is 2.22. The van der Waals surface area contributed by atoms with Crippen LogP contribution in [0.1, 0.15) is 23.7 Å². The summed E-state index contributed by atoms with van der Waals surface area (Å²) >= 11 is 3.47. The minimum Gasteiger partial charge on any atom is -0.338 e. The van der Waals surface area contributed by atoms with Crippen molar-refractivity contribution in [2.75, 3.05) is 13.1 Å². The fraction of sp³-hybridized carbons (Fsp3) is 0.353. The molecular weight excluding hydrogens is 364 g/mol. The molecule has 0 bridgehead atoms. The van der Waals surface area contributed by atoms with Gasteiger partial charge in [0.15, 0.2) is 0 Å². The Hall–Kier alpha value is -1.10. The summed E-state index contributed by atoms with van der Waals surface area (Å²) in [5.41, 5.74) is 6.78. The van der Waals surface area contributed by atoms with Crippen molar-refractivity contribution in [3.05, 3.63) is 46.4 Å². The summed E-state index contributed by atoms with van der Waals surface area (Å²) in [6, 6.07) is 12.2. The van der Waals surface area contributed by atoms with Crippen LogP contribution in [-0.2, 0) is 0 Å². The zero-order valence-corrected chi connectivity index (χ0v) is 14.9. The van der Waals surface area contributed by atoms with Crippen LogP contribution in [-0.4, -0.2) is 29.9 Å². The Balaban J connectivity index is 0.00000176. The summed E-state index contributed by atoms with van der Waals surface area (Å²) < 4.78 is 1.05. The van der Waals surface area contributed by atoms with Crippen molar-refractivity contribution in [2.24, 2.45) is 11.7 Å². The zero-order chi connectivity index (χ0) is 15.0. The van der Waals surface area contributed by atoms with Crippen molar-refractivity contribution in [2.45, 2.75) is 19.4 Å². The molecule has 1 saturated heterocycles. The molecule has 5 heteroatoms. The van der Waals surface area contributed by atoms with E-state index in [2.05, 4.69) is 28.9 Å². The van der Waals surface area contributed by atoms with Crippen molar-refractivity contribution in [1.82, 2.24) is 4.90 Å². The van der Waals surface area contributed by atoms with Crippen LogP contribution in [0.25, 0.3) is 10.8 Å². The monoisotopic (exact) mass is 382 g/mol. The van der Waals surface area contributed by atoms with Crippen LogP contribution in [0.15, 0.2) is 40.9 Å². The Morgan fingerprint density at radius 3 is 2.64 bits per heavy atom. The van der Waals surface area contributed by atoms with E-state index in [1.165, 1.54) is 0 Å². The van der Waals surface area contributed by atoms with E-state index >= 15 is 0 Å². The summed E-state index contributed by atoms with van der Waals surface area (Å²) in [6.07, 6.45) is 0.882. The maximum Gasteiger partial charge on any atom is 0.253 e. The van der Waals surface area contributed by atoms with Gasteiger partial charge < -0.3 is 10.6 Å². The molecule has 0 saturated carbocycles. The number of piperidine rings is 1. The molecule has 1 heterocycles. The molecule has 2 unspecified atom stereocenters. The minimum atomic E-state index is 0. The topological polar surface area (TPSA) is 46.3 Å². The first-order valence-corrected chi connectivity index (χ1v) is 8.08. The Morgan fingerprint density at radius 2 is 1.91 bits per heavy atom. The molecule has 118 valence electrons. The second kappa shape index (κ2) is 6.99. The van der Waals surface area contributed by atoms with Crippen molar-refractivity contribution < 1.29 is 4.79 Å². The predicted octanol–water partition coefficient (Wildman–Crippen LogP) is 3.83. The van der Waals surface area contributed by atoms with Gasteiger partial charge in [-0.1, -0.05) is 35.0 Å². The second-order valence-corrected chi connectivity index (χ2v) is 6.80. The SMILES string of the molecule is CC1CN(C(=O)c2ccc3cc(Br)ccc3c2)CCC1N.Cl. The lowest BCUT2D eigenvalue weighted by atomic mass is 9.94. The highest BCUT2D eigenvalue weighted by Crippen LogP contribution is 2.23. The molecule has 3 rings (SSSR count). The lowest BCUT2D eigenvalue weighted by molar-refractivity contribution is 0.0664. The van der Waals surface area contributed by atoms with E-state index in [1.807, 2.05) is 35.2 Å². The lowest BCUT2D eigenvalue weighted by Crippen LogP contribution is -2.48. The Bertz CT molecular complexity index is 691. The highest BCUT2D eigenvalue weighted by molar-refractivity contribution is 9.10. The van der Waals surface area contributed by atoms with Gasteiger partial charge in [0.25, 0.3) is 5.91 Å². The van der Waals surface area contributed by atoms with E-state index in [0.29, 0.717) is 5.92 Å². The largest absolute Gasteiger partial charge is 0.338 e. The van der Waals surface area contributed by atoms with Gasteiger partial charge in [-0.15, -0.1) is 12.4 Å². The van der Waals surface area contributed by atoms with E-state index in [1.54, 1.807) is 0 Å². The van der Waals surface area contributed by atoms with Crippen molar-refractivity contribution in [3.8, 4) is 0 Å². The highest BCUT2D eigenvalue weighted by Gasteiger charge is 2.26. The maximum absolute atomic E-state index is 12.6. The first kappa shape index (κ1) is 17.3. The number of hydrogen-bond donors (Lipinski definition) is 1. The smallest absolute Gasteiger partial charge is 0.253 e. The van der Waals surface area contributed by atoms with Gasteiger partial charge in [0, 0.05) is 29.2 Å². The number of halogens is 2. The van der Waals surface area contributed by atoms with Gasteiger partial charge in [0.1, 0.15) is 0 Å². The quantitative estimate of drug-likeness (QED) is 0.813. The van der Waals surface area contributed by atoms with Crippen LogP contribution in [0.3, 0.4) is 0 Å². The average molecular weight is 384 g/mol. The first-order valence-electron chi connectivity index (χ1n) is 7.29. The summed E-state index contributed by atoms with van der Waals surface area (Å²) in [5.74, 6) is 0.470. The first-order chi connectivity index (χ1) is 10.0. The number of carbonyl (C=O) groups is 1. The molecule has 2 aromatic rings. The molecule has 1 aliphatic heterocycles. The number of nitrogens with two attached hydrogens (primary N) is 1. The third-order valence-corrected chi connectivity index (χ3v) is 4.80. The van der Waals surface area contributed by atoms with Crippen LogP contribution < -0.4 is 5.73 Å². The van der Waals surface area contributed by atoms with Crippen LogP contribution in [0.5, 0.6) is 0 Å². The van der Waals surface area contributed by atoms with E-state index in [-0.39, 0.29) is 24.4 Å². The summed E-state index contributed by atoms with van der Waals surface area (Å²) in [7, 11) is 0. The molecule has 0 radical (unpaired) electrons. The lowest BCUT2D eigenvalue weighted by Gasteiger charge is -2.35. The minimum absolute atomic E-state index is 0. The number of amides is 1. The van der Waals surface area contributed by atoms with Crippen LogP contribution >= 0.6 is 28.3 Å². The van der Waals surface area contributed by atoms with Crippen LogP contribution in [0.2, 0.25) is 0 Å². The van der Waals surface area contributed by atoms with Crippen LogP contribution in [0.4, 0.5) is 0 Å².